The molecule has 90 valence electrons. The highest BCUT2D eigenvalue weighted by atomic mass is 15.2. The van der Waals surface area contributed by atoms with Crippen LogP contribution in [-0.2, 0) is 0 Å². The quantitative estimate of drug-likeness (QED) is 0.776. The van der Waals surface area contributed by atoms with Crippen molar-refractivity contribution in [3.63, 3.8) is 0 Å². The van der Waals surface area contributed by atoms with Crippen molar-refractivity contribution in [3.8, 4) is 6.07 Å². The summed E-state index contributed by atoms with van der Waals surface area (Å²) in [5.74, 6) is 0. The lowest BCUT2D eigenvalue weighted by atomic mass is 9.96. The first-order chi connectivity index (χ1) is 8.24. The normalized spacial score (nSPS) is 18.6. The van der Waals surface area contributed by atoms with E-state index in [-0.39, 0.29) is 6.04 Å². The van der Waals surface area contributed by atoms with Crippen LogP contribution in [0.1, 0.15) is 42.0 Å². The zero-order valence-electron chi connectivity index (χ0n) is 10.7. The zero-order chi connectivity index (χ0) is 12.3. The highest BCUT2D eigenvalue weighted by Crippen LogP contribution is 2.27. The lowest BCUT2D eigenvalue weighted by Gasteiger charge is -2.31. The van der Waals surface area contributed by atoms with Gasteiger partial charge in [0.05, 0.1) is 6.07 Å². The number of rotatable bonds is 2. The summed E-state index contributed by atoms with van der Waals surface area (Å²) in [7, 11) is 0. The minimum absolute atomic E-state index is 0.0600. The maximum absolute atomic E-state index is 9.46. The number of aryl methyl sites for hydroxylation is 1. The van der Waals surface area contributed by atoms with Gasteiger partial charge in [0.15, 0.2) is 0 Å². The molecule has 0 aromatic heterocycles. The molecule has 1 atom stereocenters. The maximum Gasteiger partial charge on any atom is 0.124 e. The lowest BCUT2D eigenvalue weighted by Crippen LogP contribution is -2.33. The molecule has 0 bridgehead atoms. The van der Waals surface area contributed by atoms with Gasteiger partial charge in [-0.2, -0.15) is 5.26 Å². The molecule has 1 saturated heterocycles. The first kappa shape index (κ1) is 12.1. The Balaban J connectivity index is 2.29. The van der Waals surface area contributed by atoms with Crippen molar-refractivity contribution in [2.24, 2.45) is 0 Å². The monoisotopic (exact) mass is 228 g/mol. The SMILES string of the molecule is Cc1cccc(C(C#N)N2CCCCC2)c1C. The van der Waals surface area contributed by atoms with Gasteiger partial charge in [0.1, 0.15) is 6.04 Å². The Morgan fingerprint density at radius 3 is 2.53 bits per heavy atom. The van der Waals surface area contributed by atoms with Crippen molar-refractivity contribution in [3.05, 3.63) is 34.9 Å². The predicted molar refractivity (Wildman–Crippen MR) is 69.7 cm³/mol. The minimum Gasteiger partial charge on any atom is -0.284 e. The molecule has 0 radical (unpaired) electrons. The zero-order valence-corrected chi connectivity index (χ0v) is 10.7. The van der Waals surface area contributed by atoms with E-state index in [0.29, 0.717) is 0 Å². The van der Waals surface area contributed by atoms with Crippen LogP contribution in [0.2, 0.25) is 0 Å². The van der Waals surface area contributed by atoms with Gasteiger partial charge in [-0.25, -0.2) is 0 Å². The molecule has 2 nitrogen and oxygen atoms in total. The van der Waals surface area contributed by atoms with Crippen LogP contribution in [0, 0.1) is 25.2 Å². The number of likely N-dealkylation sites (tertiary alicyclic amines) is 1. The molecule has 1 fully saturated rings. The topological polar surface area (TPSA) is 27.0 Å². The second-order valence-corrected chi connectivity index (χ2v) is 4.92. The summed E-state index contributed by atoms with van der Waals surface area (Å²) in [5, 5.41) is 9.46. The molecule has 1 aromatic rings. The predicted octanol–water partition coefficient (Wildman–Crippen LogP) is 3.35. The van der Waals surface area contributed by atoms with Gasteiger partial charge >= 0.3 is 0 Å². The Labute approximate surface area is 104 Å². The molecular weight excluding hydrogens is 208 g/mol. The Morgan fingerprint density at radius 1 is 1.18 bits per heavy atom. The highest BCUT2D eigenvalue weighted by Gasteiger charge is 2.23. The number of benzene rings is 1. The highest BCUT2D eigenvalue weighted by molar-refractivity contribution is 5.37. The van der Waals surface area contributed by atoms with Gasteiger partial charge in [-0.15, -0.1) is 0 Å². The molecule has 1 unspecified atom stereocenters. The number of hydrogen-bond acceptors (Lipinski definition) is 2. The fraction of sp³-hybridized carbons (Fsp3) is 0.533. The molecule has 0 N–H and O–H groups in total. The van der Waals surface area contributed by atoms with Gasteiger partial charge in [-0.3, -0.25) is 4.90 Å². The third-order valence-corrected chi connectivity index (χ3v) is 3.82. The fourth-order valence-electron chi connectivity index (χ4n) is 2.59. The van der Waals surface area contributed by atoms with Crippen LogP contribution in [0.4, 0.5) is 0 Å². The molecule has 0 amide bonds. The molecule has 1 aromatic carbocycles. The molecule has 2 rings (SSSR count). The van der Waals surface area contributed by atoms with E-state index in [2.05, 4.69) is 43.0 Å². The molecule has 1 aliphatic heterocycles. The van der Waals surface area contributed by atoms with Gasteiger partial charge in [-0.05, 0) is 56.5 Å². The van der Waals surface area contributed by atoms with Crippen LogP contribution in [0.15, 0.2) is 18.2 Å². The van der Waals surface area contributed by atoms with Crippen LogP contribution >= 0.6 is 0 Å². The van der Waals surface area contributed by atoms with Gasteiger partial charge in [0.25, 0.3) is 0 Å². The summed E-state index contributed by atoms with van der Waals surface area (Å²) < 4.78 is 0. The minimum atomic E-state index is -0.0600. The second-order valence-electron chi connectivity index (χ2n) is 4.92. The molecule has 0 saturated carbocycles. The summed E-state index contributed by atoms with van der Waals surface area (Å²) >= 11 is 0. The molecule has 1 heterocycles. The van der Waals surface area contributed by atoms with Crippen LogP contribution in [0.3, 0.4) is 0 Å². The van der Waals surface area contributed by atoms with Crippen molar-refractivity contribution in [2.75, 3.05) is 13.1 Å². The fourth-order valence-corrected chi connectivity index (χ4v) is 2.59. The van der Waals surface area contributed by atoms with Gasteiger partial charge in [0.2, 0.25) is 0 Å². The van der Waals surface area contributed by atoms with E-state index in [1.54, 1.807) is 0 Å². The van der Waals surface area contributed by atoms with Gasteiger partial charge in [-0.1, -0.05) is 24.6 Å². The molecule has 0 spiro atoms. The van der Waals surface area contributed by atoms with Crippen molar-refractivity contribution in [1.82, 2.24) is 4.90 Å². The Morgan fingerprint density at radius 2 is 1.88 bits per heavy atom. The summed E-state index contributed by atoms with van der Waals surface area (Å²) in [6.07, 6.45) is 3.76. The van der Waals surface area contributed by atoms with E-state index >= 15 is 0 Å². The smallest absolute Gasteiger partial charge is 0.124 e. The Bertz CT molecular complexity index is 425. The van der Waals surface area contributed by atoms with Crippen LogP contribution in [0.25, 0.3) is 0 Å². The van der Waals surface area contributed by atoms with E-state index in [4.69, 9.17) is 0 Å². The number of nitrogens with zero attached hydrogens (tertiary/aromatic N) is 2. The summed E-state index contributed by atoms with van der Waals surface area (Å²) in [4.78, 5) is 2.32. The standard InChI is InChI=1S/C15H20N2/c1-12-7-6-8-14(13(12)2)15(11-16)17-9-4-3-5-10-17/h6-8,15H,3-5,9-10H2,1-2H3. The van der Waals surface area contributed by atoms with Crippen molar-refractivity contribution in [2.45, 2.75) is 39.2 Å². The van der Waals surface area contributed by atoms with Crippen molar-refractivity contribution < 1.29 is 0 Å². The summed E-state index contributed by atoms with van der Waals surface area (Å²) in [6.45, 7) is 6.36. The van der Waals surface area contributed by atoms with E-state index in [1.807, 2.05) is 0 Å². The van der Waals surface area contributed by atoms with E-state index < -0.39 is 0 Å². The summed E-state index contributed by atoms with van der Waals surface area (Å²) in [5.41, 5.74) is 3.73. The average Bonchev–Trinajstić information content (AvgIpc) is 2.37. The molecule has 1 aliphatic rings. The maximum atomic E-state index is 9.46. The molecular formula is C15H20N2. The third kappa shape index (κ3) is 2.50. The van der Waals surface area contributed by atoms with E-state index in [9.17, 15) is 5.26 Å². The largest absolute Gasteiger partial charge is 0.284 e. The Hall–Kier alpha value is -1.33. The second kappa shape index (κ2) is 5.33. The number of hydrogen-bond donors (Lipinski definition) is 0. The molecule has 2 heteroatoms. The lowest BCUT2D eigenvalue weighted by molar-refractivity contribution is 0.195. The molecule has 17 heavy (non-hydrogen) atoms. The number of nitriles is 1. The van der Waals surface area contributed by atoms with Gasteiger partial charge < -0.3 is 0 Å². The van der Waals surface area contributed by atoms with E-state index in [0.717, 1.165) is 13.1 Å². The van der Waals surface area contributed by atoms with Crippen LogP contribution in [-0.4, -0.2) is 18.0 Å². The Kier molecular flexibility index (Phi) is 3.81. The van der Waals surface area contributed by atoms with Gasteiger partial charge in [0, 0.05) is 0 Å². The first-order valence-electron chi connectivity index (χ1n) is 6.44. The van der Waals surface area contributed by atoms with Crippen LogP contribution in [0.5, 0.6) is 0 Å². The van der Waals surface area contributed by atoms with Crippen molar-refractivity contribution >= 4 is 0 Å². The first-order valence-corrected chi connectivity index (χ1v) is 6.44. The number of piperidine rings is 1. The van der Waals surface area contributed by atoms with Crippen LogP contribution < -0.4 is 0 Å². The van der Waals surface area contributed by atoms with Crippen molar-refractivity contribution in [1.29, 1.82) is 5.26 Å². The van der Waals surface area contributed by atoms with E-state index in [1.165, 1.54) is 36.0 Å². The average molecular weight is 228 g/mol. The summed E-state index contributed by atoms with van der Waals surface area (Å²) in [6, 6.07) is 8.70. The molecule has 0 aliphatic carbocycles. The third-order valence-electron chi connectivity index (χ3n) is 3.82.